The van der Waals surface area contributed by atoms with Crippen molar-refractivity contribution in [3.05, 3.63) is 113 Å². The Kier molecular flexibility index (Phi) is 11.5. The lowest BCUT2D eigenvalue weighted by molar-refractivity contribution is -0.133. The fraction of sp³-hybridized carbons (Fsp3) is 0.396. The highest BCUT2D eigenvalue weighted by Crippen LogP contribution is 2.36. The Morgan fingerprint density at radius 3 is 2.45 bits per heavy atom. The van der Waals surface area contributed by atoms with E-state index in [1.165, 1.54) is 23.5 Å². The van der Waals surface area contributed by atoms with Crippen LogP contribution >= 0.6 is 0 Å². The number of nitrogen functional groups attached to an aromatic ring is 1. The van der Waals surface area contributed by atoms with Crippen LogP contribution in [-0.4, -0.2) is 114 Å². The fourth-order valence-electron chi connectivity index (χ4n) is 10.0. The number of halogens is 1. The maximum absolute atomic E-state index is 15.2. The lowest BCUT2D eigenvalue weighted by atomic mass is 9.88. The number of nitrogens with two attached hydrogens (primary N) is 1. The number of rotatable bonds is 10. The number of piperazine rings is 1. The van der Waals surface area contributed by atoms with Gasteiger partial charge >= 0.3 is 0 Å². The number of piperidine rings is 2. The summed E-state index contributed by atoms with van der Waals surface area (Å²) >= 11 is 0. The minimum atomic E-state index is -0.605. The topological polar surface area (TPSA) is 176 Å². The molecule has 3 fully saturated rings. The third kappa shape index (κ3) is 8.65. The van der Waals surface area contributed by atoms with Gasteiger partial charge in [0.25, 0.3) is 5.91 Å². The van der Waals surface area contributed by atoms with Gasteiger partial charge in [0.2, 0.25) is 11.8 Å². The molecule has 10 rings (SSSR count). The molecule has 3 saturated heterocycles. The summed E-state index contributed by atoms with van der Waals surface area (Å²) in [7, 11) is 2.10. The van der Waals surface area contributed by atoms with Crippen LogP contribution in [-0.2, 0) is 36.3 Å². The fourth-order valence-corrected chi connectivity index (χ4v) is 10.0. The van der Waals surface area contributed by atoms with E-state index in [2.05, 4.69) is 73.2 Å². The van der Waals surface area contributed by atoms with E-state index in [4.69, 9.17) is 15.8 Å². The second kappa shape index (κ2) is 17.7. The summed E-state index contributed by atoms with van der Waals surface area (Å²) in [4.78, 5) is 59.5. The van der Waals surface area contributed by atoms with Crippen molar-refractivity contribution in [3.8, 4) is 11.1 Å². The minimum Gasteiger partial charge on any atom is -0.384 e. The summed E-state index contributed by atoms with van der Waals surface area (Å²) in [6.45, 7) is 9.29. The van der Waals surface area contributed by atoms with Gasteiger partial charge < -0.3 is 25.4 Å². The molecule has 16 nitrogen and oxygen atoms in total. The van der Waals surface area contributed by atoms with Gasteiger partial charge in [0.1, 0.15) is 17.5 Å². The number of hydrogen-bond acceptors (Lipinski definition) is 12. The summed E-state index contributed by atoms with van der Waals surface area (Å²) in [5.41, 5.74) is 14.5. The molecule has 0 radical (unpaired) electrons. The van der Waals surface area contributed by atoms with Crippen molar-refractivity contribution in [1.29, 1.82) is 0 Å². The van der Waals surface area contributed by atoms with Crippen molar-refractivity contribution in [2.24, 2.45) is 7.05 Å². The van der Waals surface area contributed by atoms with E-state index in [-0.39, 0.29) is 30.1 Å². The highest BCUT2D eigenvalue weighted by molar-refractivity contribution is 6.01. The molecule has 0 aliphatic carbocycles. The van der Waals surface area contributed by atoms with Gasteiger partial charge in [0, 0.05) is 99.4 Å². The smallest absolute Gasteiger partial charge is 0.254 e. The first kappa shape index (κ1) is 42.2. The average Bonchev–Trinajstić information content (AvgIpc) is 3.89. The summed E-state index contributed by atoms with van der Waals surface area (Å²) < 4.78 is 19.5. The number of anilines is 3. The molecule has 0 saturated carbocycles. The third-order valence-corrected chi connectivity index (χ3v) is 13.8. The number of likely N-dealkylation sites (tertiary alicyclic amines) is 1. The first-order chi connectivity index (χ1) is 31.5. The van der Waals surface area contributed by atoms with Crippen LogP contribution < -0.4 is 21.3 Å². The van der Waals surface area contributed by atoms with Gasteiger partial charge in [-0.2, -0.15) is 5.10 Å². The number of amides is 3. The molecule has 1 unspecified atom stereocenters. The first-order valence-electron chi connectivity index (χ1n) is 22.6. The number of nitrogens with zero attached hydrogens (tertiary/aromatic N) is 10. The van der Waals surface area contributed by atoms with Crippen LogP contribution in [0.15, 0.2) is 79.3 Å². The Balaban J connectivity index is 0.698. The maximum Gasteiger partial charge on any atom is 0.254 e. The molecule has 4 N–H and O–H groups in total. The third-order valence-electron chi connectivity index (χ3n) is 13.8. The Hall–Kier alpha value is -6.72. The molecule has 0 bridgehead atoms. The number of carbonyl (C=O) groups is 3. The summed E-state index contributed by atoms with van der Waals surface area (Å²) in [6.07, 6.45) is 7.90. The van der Waals surface area contributed by atoms with E-state index in [1.807, 2.05) is 57.2 Å². The molecule has 336 valence electrons. The molecule has 0 spiro atoms. The van der Waals surface area contributed by atoms with E-state index in [9.17, 15) is 14.4 Å². The summed E-state index contributed by atoms with van der Waals surface area (Å²) in [6, 6.07) is 19.5. The SMILES string of the molecule is C[C@@H](c1cc2c(-c3ccc(N)nc3)ccnc2n1C)N1CCC(c2ccc(C(=O)N3CCn4nc(CN5CCN(c6ncc(NC7CCC(=O)NC7=O)cc6F)CC5)cc4C3)cc2)CC1. The number of nitrogens with one attached hydrogen (secondary N) is 2. The summed E-state index contributed by atoms with van der Waals surface area (Å²) in [5.74, 6) is 0.0767. The van der Waals surface area contributed by atoms with Crippen molar-refractivity contribution < 1.29 is 18.8 Å². The average molecular weight is 880 g/mol. The molecular weight excluding hydrogens is 826 g/mol. The Bertz CT molecular complexity index is 2740. The number of aryl methyl sites for hydroxylation is 1. The van der Waals surface area contributed by atoms with Gasteiger partial charge in [0.15, 0.2) is 11.6 Å². The van der Waals surface area contributed by atoms with Crippen LogP contribution in [0, 0.1) is 5.82 Å². The van der Waals surface area contributed by atoms with Crippen LogP contribution in [0.1, 0.15) is 77.6 Å². The maximum atomic E-state index is 15.2. The van der Waals surface area contributed by atoms with Gasteiger partial charge in [0.05, 0.1) is 36.4 Å². The number of benzene rings is 1. The monoisotopic (exact) mass is 879 g/mol. The zero-order chi connectivity index (χ0) is 44.8. The van der Waals surface area contributed by atoms with E-state index in [0.29, 0.717) is 81.8 Å². The molecule has 65 heavy (non-hydrogen) atoms. The van der Waals surface area contributed by atoms with Crippen molar-refractivity contribution in [2.75, 3.05) is 61.8 Å². The number of pyridine rings is 3. The molecule has 3 amide bonds. The lowest BCUT2D eigenvalue weighted by Gasteiger charge is -2.36. The summed E-state index contributed by atoms with van der Waals surface area (Å²) in [5, 5.41) is 11.3. The molecule has 5 aromatic heterocycles. The van der Waals surface area contributed by atoms with Crippen molar-refractivity contribution in [2.45, 2.75) is 70.2 Å². The quantitative estimate of drug-likeness (QED) is 0.156. The van der Waals surface area contributed by atoms with Crippen LogP contribution in [0.2, 0.25) is 0 Å². The van der Waals surface area contributed by atoms with E-state index in [0.717, 1.165) is 59.5 Å². The molecule has 4 aliphatic rings. The van der Waals surface area contributed by atoms with Crippen LogP contribution in [0.25, 0.3) is 22.2 Å². The number of fused-ring (bicyclic) bond motifs is 2. The van der Waals surface area contributed by atoms with Crippen molar-refractivity contribution in [3.63, 3.8) is 0 Å². The number of aromatic nitrogens is 6. The Labute approximate surface area is 376 Å². The molecule has 1 aromatic carbocycles. The number of carbonyl (C=O) groups excluding carboxylic acids is 3. The number of imide groups is 1. The Morgan fingerprint density at radius 1 is 0.908 bits per heavy atom. The predicted molar refractivity (Wildman–Crippen MR) is 245 cm³/mol. The van der Waals surface area contributed by atoms with Crippen molar-refractivity contribution in [1.82, 2.24) is 49.3 Å². The van der Waals surface area contributed by atoms with E-state index >= 15 is 4.39 Å². The zero-order valence-electron chi connectivity index (χ0n) is 36.8. The standard InChI is InChI=1S/C48H54FN13O3/c1-30(42-25-39-38(11-14-51-45(39)57(42)2)34-7-9-43(50)52-26-34)59-15-12-32(13-16-59)31-3-5-33(6-4-31)48(65)61-21-22-62-37(29-61)23-36(56-62)28-58-17-19-60(20-18-58)46-40(49)24-35(27-53-46)54-41-8-10-44(63)55-47(41)64/h3-7,9,11,14,23-27,30,32,41,54H,8,10,12-13,15-22,28-29H2,1-2H3,(H2,50,52)(H,55,63,64)/t30-,41?/m0/s1. The van der Waals surface area contributed by atoms with Gasteiger partial charge in [-0.05, 0) is 98.8 Å². The van der Waals surface area contributed by atoms with E-state index in [1.54, 1.807) is 0 Å². The number of hydrogen-bond donors (Lipinski definition) is 3. The van der Waals surface area contributed by atoms with Crippen LogP contribution in [0.5, 0.6) is 0 Å². The normalized spacial score (nSPS) is 19.3. The molecule has 2 atom stereocenters. The largest absolute Gasteiger partial charge is 0.384 e. The lowest BCUT2D eigenvalue weighted by Crippen LogP contribution is -2.47. The van der Waals surface area contributed by atoms with E-state index < -0.39 is 17.8 Å². The molecule has 6 aromatic rings. The van der Waals surface area contributed by atoms with Crippen molar-refractivity contribution >= 4 is 46.1 Å². The second-order valence-corrected chi connectivity index (χ2v) is 17.8. The molecule has 4 aliphatic heterocycles. The van der Waals surface area contributed by atoms with Gasteiger partial charge in [-0.15, -0.1) is 0 Å². The van der Waals surface area contributed by atoms with Gasteiger partial charge in [-0.25, -0.2) is 19.3 Å². The van der Waals surface area contributed by atoms with Gasteiger partial charge in [-0.1, -0.05) is 12.1 Å². The highest BCUT2D eigenvalue weighted by Gasteiger charge is 2.30. The van der Waals surface area contributed by atoms with Crippen LogP contribution in [0.4, 0.5) is 21.7 Å². The van der Waals surface area contributed by atoms with Crippen LogP contribution in [0.3, 0.4) is 0 Å². The van der Waals surface area contributed by atoms with Gasteiger partial charge in [-0.3, -0.25) is 34.2 Å². The molecule has 9 heterocycles. The first-order valence-corrected chi connectivity index (χ1v) is 22.6. The predicted octanol–water partition coefficient (Wildman–Crippen LogP) is 5.08. The molecule has 17 heteroatoms. The molecular formula is C48H54FN13O3. The highest BCUT2D eigenvalue weighted by atomic mass is 19.1. The zero-order valence-corrected chi connectivity index (χ0v) is 36.8. The Morgan fingerprint density at radius 2 is 1.71 bits per heavy atom. The minimum absolute atomic E-state index is 0.0335. The second-order valence-electron chi connectivity index (χ2n) is 17.8.